The Balaban J connectivity index is 3.08. The minimum absolute atomic E-state index is 0.157. The zero-order chi connectivity index (χ0) is 10.0. The molecule has 5 N–H and O–H groups in total. The summed E-state index contributed by atoms with van der Waals surface area (Å²) in [6, 6.07) is 3.40. The van der Waals surface area contributed by atoms with Crippen LogP contribution in [0.15, 0.2) is 12.1 Å². The highest BCUT2D eigenvalue weighted by atomic mass is 16.1. The first-order valence-corrected chi connectivity index (χ1v) is 3.94. The molecule has 0 aromatic heterocycles. The van der Waals surface area contributed by atoms with E-state index in [0.717, 1.165) is 5.56 Å². The predicted molar refractivity (Wildman–Crippen MR) is 54.3 cm³/mol. The van der Waals surface area contributed by atoms with Crippen LogP contribution in [-0.4, -0.2) is 5.91 Å². The lowest BCUT2D eigenvalue weighted by Crippen LogP contribution is -2.08. The Morgan fingerprint density at radius 2 is 1.92 bits per heavy atom. The van der Waals surface area contributed by atoms with Crippen molar-refractivity contribution in [2.24, 2.45) is 0 Å². The van der Waals surface area contributed by atoms with Crippen LogP contribution in [-0.2, 0) is 4.79 Å². The van der Waals surface area contributed by atoms with E-state index in [1.54, 1.807) is 12.1 Å². The molecule has 4 heteroatoms. The number of anilines is 3. The molecule has 0 atom stereocenters. The Bertz CT molecular complexity index is 347. The first kappa shape index (κ1) is 9.38. The van der Waals surface area contributed by atoms with Gasteiger partial charge >= 0.3 is 0 Å². The summed E-state index contributed by atoms with van der Waals surface area (Å²) in [4.78, 5) is 10.8. The Morgan fingerprint density at radius 3 is 2.46 bits per heavy atom. The second kappa shape index (κ2) is 3.35. The largest absolute Gasteiger partial charge is 0.398 e. The van der Waals surface area contributed by atoms with Gasteiger partial charge < -0.3 is 16.8 Å². The first-order valence-electron chi connectivity index (χ1n) is 3.94. The van der Waals surface area contributed by atoms with Crippen molar-refractivity contribution in [3.63, 3.8) is 0 Å². The Hall–Kier alpha value is -1.71. The third-order valence-electron chi connectivity index (χ3n) is 1.75. The molecule has 0 heterocycles. The van der Waals surface area contributed by atoms with Crippen LogP contribution in [0.1, 0.15) is 12.5 Å². The summed E-state index contributed by atoms with van der Waals surface area (Å²) >= 11 is 0. The summed E-state index contributed by atoms with van der Waals surface area (Å²) in [6.07, 6.45) is 0. The highest BCUT2D eigenvalue weighted by molar-refractivity contribution is 5.93. The van der Waals surface area contributed by atoms with Crippen molar-refractivity contribution in [3.8, 4) is 0 Å². The van der Waals surface area contributed by atoms with Gasteiger partial charge in [0.25, 0.3) is 0 Å². The molecule has 1 aromatic rings. The van der Waals surface area contributed by atoms with Crippen LogP contribution in [0, 0.1) is 6.92 Å². The Kier molecular flexibility index (Phi) is 2.41. The molecule has 0 unspecified atom stereocenters. The normalized spacial score (nSPS) is 9.69. The lowest BCUT2D eigenvalue weighted by atomic mass is 10.1. The van der Waals surface area contributed by atoms with Crippen molar-refractivity contribution in [2.75, 3.05) is 16.8 Å². The fourth-order valence-electron chi connectivity index (χ4n) is 1.04. The van der Waals surface area contributed by atoms with Gasteiger partial charge in [0.05, 0.1) is 11.4 Å². The molecular formula is C9H13N3O. The average Bonchev–Trinajstić information content (AvgIpc) is 1.99. The summed E-state index contributed by atoms with van der Waals surface area (Å²) in [6.45, 7) is 3.29. The second-order valence-electron chi connectivity index (χ2n) is 2.98. The molecule has 4 nitrogen and oxygen atoms in total. The van der Waals surface area contributed by atoms with E-state index in [1.165, 1.54) is 6.92 Å². The van der Waals surface area contributed by atoms with Gasteiger partial charge in [0, 0.05) is 12.6 Å². The Morgan fingerprint density at radius 1 is 1.31 bits per heavy atom. The number of aryl methyl sites for hydroxylation is 1. The molecular weight excluding hydrogens is 166 g/mol. The smallest absolute Gasteiger partial charge is 0.221 e. The molecule has 0 aliphatic rings. The molecule has 0 radical (unpaired) electrons. The number of nitrogen functional groups attached to an aromatic ring is 2. The maximum atomic E-state index is 10.8. The summed E-state index contributed by atoms with van der Waals surface area (Å²) in [7, 11) is 0. The molecule has 1 aromatic carbocycles. The minimum Gasteiger partial charge on any atom is -0.398 e. The van der Waals surface area contributed by atoms with E-state index >= 15 is 0 Å². The van der Waals surface area contributed by atoms with E-state index < -0.39 is 0 Å². The average molecular weight is 179 g/mol. The van der Waals surface area contributed by atoms with Gasteiger partial charge in [0.15, 0.2) is 0 Å². The van der Waals surface area contributed by atoms with Gasteiger partial charge in [0.1, 0.15) is 0 Å². The molecule has 0 aliphatic carbocycles. The number of carbonyl (C=O) groups is 1. The number of carbonyl (C=O) groups excluding carboxylic acids is 1. The van der Waals surface area contributed by atoms with Crippen LogP contribution >= 0.6 is 0 Å². The number of nitrogens with two attached hydrogens (primary N) is 2. The first-order chi connectivity index (χ1) is 6.00. The van der Waals surface area contributed by atoms with Crippen molar-refractivity contribution in [2.45, 2.75) is 13.8 Å². The number of hydrogen-bond acceptors (Lipinski definition) is 3. The molecule has 0 fully saturated rings. The topological polar surface area (TPSA) is 81.1 Å². The molecule has 13 heavy (non-hydrogen) atoms. The van der Waals surface area contributed by atoms with Crippen molar-refractivity contribution in [3.05, 3.63) is 17.7 Å². The van der Waals surface area contributed by atoms with E-state index in [-0.39, 0.29) is 5.91 Å². The number of nitrogens with one attached hydrogen (secondary N) is 1. The predicted octanol–water partition coefficient (Wildman–Crippen LogP) is 1.12. The van der Waals surface area contributed by atoms with E-state index in [1.807, 2.05) is 6.92 Å². The number of amides is 1. The van der Waals surface area contributed by atoms with Crippen molar-refractivity contribution in [1.29, 1.82) is 0 Å². The SMILES string of the molecule is CC(=O)Nc1cc(N)c(C)cc1N. The molecule has 0 aliphatic heterocycles. The summed E-state index contributed by atoms with van der Waals surface area (Å²) in [5.41, 5.74) is 14.0. The monoisotopic (exact) mass is 179 g/mol. The third-order valence-corrected chi connectivity index (χ3v) is 1.75. The standard InChI is InChI=1S/C9H13N3O/c1-5-3-8(11)9(4-7(5)10)12-6(2)13/h3-4H,10-11H2,1-2H3,(H,12,13). The van der Waals surface area contributed by atoms with Gasteiger partial charge in [-0.05, 0) is 24.6 Å². The highest BCUT2D eigenvalue weighted by Gasteiger charge is 2.03. The van der Waals surface area contributed by atoms with Crippen LogP contribution in [0.3, 0.4) is 0 Å². The van der Waals surface area contributed by atoms with Crippen molar-refractivity contribution < 1.29 is 4.79 Å². The molecule has 0 saturated heterocycles. The fourth-order valence-corrected chi connectivity index (χ4v) is 1.04. The van der Waals surface area contributed by atoms with Crippen molar-refractivity contribution in [1.82, 2.24) is 0 Å². The third kappa shape index (κ3) is 2.11. The van der Waals surface area contributed by atoms with E-state index in [4.69, 9.17) is 11.5 Å². The highest BCUT2D eigenvalue weighted by Crippen LogP contribution is 2.24. The number of rotatable bonds is 1. The number of benzene rings is 1. The van der Waals surface area contributed by atoms with E-state index in [0.29, 0.717) is 17.1 Å². The fraction of sp³-hybridized carbons (Fsp3) is 0.222. The zero-order valence-corrected chi connectivity index (χ0v) is 7.72. The second-order valence-corrected chi connectivity index (χ2v) is 2.98. The van der Waals surface area contributed by atoms with Crippen molar-refractivity contribution >= 4 is 23.0 Å². The van der Waals surface area contributed by atoms with Crippen LogP contribution in [0.2, 0.25) is 0 Å². The lowest BCUT2D eigenvalue weighted by Gasteiger charge is -2.09. The quantitative estimate of drug-likeness (QED) is 0.565. The molecule has 0 spiro atoms. The van der Waals surface area contributed by atoms with Crippen LogP contribution in [0.4, 0.5) is 17.1 Å². The van der Waals surface area contributed by atoms with E-state index in [2.05, 4.69) is 5.32 Å². The van der Waals surface area contributed by atoms with E-state index in [9.17, 15) is 4.79 Å². The molecule has 1 rings (SSSR count). The van der Waals surface area contributed by atoms with Gasteiger partial charge in [-0.2, -0.15) is 0 Å². The summed E-state index contributed by atoms with van der Waals surface area (Å²) in [5, 5.41) is 2.60. The molecule has 0 saturated carbocycles. The molecule has 1 amide bonds. The maximum Gasteiger partial charge on any atom is 0.221 e. The van der Waals surface area contributed by atoms with Gasteiger partial charge in [-0.1, -0.05) is 0 Å². The zero-order valence-electron chi connectivity index (χ0n) is 7.72. The van der Waals surface area contributed by atoms with Crippen LogP contribution < -0.4 is 16.8 Å². The Labute approximate surface area is 76.9 Å². The van der Waals surface area contributed by atoms with Crippen LogP contribution in [0.5, 0.6) is 0 Å². The van der Waals surface area contributed by atoms with Gasteiger partial charge in [-0.3, -0.25) is 4.79 Å². The minimum atomic E-state index is -0.157. The maximum absolute atomic E-state index is 10.8. The lowest BCUT2D eigenvalue weighted by molar-refractivity contribution is -0.114. The van der Waals surface area contributed by atoms with Gasteiger partial charge in [-0.25, -0.2) is 0 Å². The summed E-state index contributed by atoms with van der Waals surface area (Å²) < 4.78 is 0. The summed E-state index contributed by atoms with van der Waals surface area (Å²) in [5.74, 6) is -0.157. The number of hydrogen-bond donors (Lipinski definition) is 3. The molecule has 0 bridgehead atoms. The van der Waals surface area contributed by atoms with Crippen LogP contribution in [0.25, 0.3) is 0 Å². The van der Waals surface area contributed by atoms with Gasteiger partial charge in [-0.15, -0.1) is 0 Å². The molecule has 70 valence electrons. The van der Waals surface area contributed by atoms with Gasteiger partial charge in [0.2, 0.25) is 5.91 Å².